The monoisotopic (exact) mass is 201 g/mol. The minimum atomic E-state index is -0.974. The molecule has 0 aromatic carbocycles. The van der Waals surface area contributed by atoms with Gasteiger partial charge < -0.3 is 10.8 Å². The number of aliphatic carboxylic acids is 1. The summed E-state index contributed by atoms with van der Waals surface area (Å²) >= 11 is 0. The molecule has 3 N–H and O–H groups in total. The van der Waals surface area contributed by atoms with Gasteiger partial charge in [0.1, 0.15) is 0 Å². The Labute approximate surface area is 84.5 Å². The molecule has 0 bridgehead atoms. The lowest BCUT2D eigenvalue weighted by Gasteiger charge is -2.26. The van der Waals surface area contributed by atoms with E-state index in [9.17, 15) is 9.59 Å². The molecule has 2 atom stereocenters. The van der Waals surface area contributed by atoms with Gasteiger partial charge >= 0.3 is 5.97 Å². The van der Waals surface area contributed by atoms with Gasteiger partial charge in [0.15, 0.2) is 0 Å². The van der Waals surface area contributed by atoms with Crippen LogP contribution in [0.2, 0.25) is 0 Å². The van der Waals surface area contributed by atoms with Crippen LogP contribution in [0.15, 0.2) is 0 Å². The number of carboxylic acids is 1. The van der Waals surface area contributed by atoms with Crippen LogP contribution in [0.4, 0.5) is 0 Å². The number of rotatable bonds is 4. The van der Waals surface area contributed by atoms with Crippen LogP contribution in [0.5, 0.6) is 0 Å². The Balaban J connectivity index is 4.62. The summed E-state index contributed by atoms with van der Waals surface area (Å²) in [5.74, 6) is -2.81. The Morgan fingerprint density at radius 2 is 1.79 bits per heavy atom. The smallest absolute Gasteiger partial charge is 0.307 e. The van der Waals surface area contributed by atoms with Gasteiger partial charge in [-0.2, -0.15) is 0 Å². The third-order valence-corrected chi connectivity index (χ3v) is 2.19. The summed E-state index contributed by atoms with van der Waals surface area (Å²) in [6, 6.07) is 0. The number of hydrogen-bond acceptors (Lipinski definition) is 2. The van der Waals surface area contributed by atoms with E-state index in [2.05, 4.69) is 0 Å². The third kappa shape index (κ3) is 4.25. The first kappa shape index (κ1) is 12.9. The average molecular weight is 201 g/mol. The summed E-state index contributed by atoms with van der Waals surface area (Å²) in [7, 11) is 0. The summed E-state index contributed by atoms with van der Waals surface area (Å²) < 4.78 is 0. The van der Waals surface area contributed by atoms with Crippen LogP contribution in [-0.2, 0) is 9.59 Å². The first-order valence-corrected chi connectivity index (χ1v) is 4.67. The Morgan fingerprint density at radius 1 is 1.36 bits per heavy atom. The van der Waals surface area contributed by atoms with E-state index in [1.165, 1.54) is 6.92 Å². The SMILES string of the molecule is CC(C(=O)O)C(CC(C)(C)C)C(N)=O. The van der Waals surface area contributed by atoms with Crippen LogP contribution in [0.3, 0.4) is 0 Å². The molecule has 0 aliphatic rings. The molecule has 0 aliphatic carbocycles. The molecule has 14 heavy (non-hydrogen) atoms. The van der Waals surface area contributed by atoms with E-state index >= 15 is 0 Å². The fraction of sp³-hybridized carbons (Fsp3) is 0.800. The zero-order valence-electron chi connectivity index (χ0n) is 9.20. The van der Waals surface area contributed by atoms with Gasteiger partial charge in [0.05, 0.1) is 11.8 Å². The number of nitrogens with two attached hydrogens (primary N) is 1. The second-order valence-electron chi connectivity index (χ2n) is 4.90. The summed E-state index contributed by atoms with van der Waals surface area (Å²) in [5, 5.41) is 8.79. The van der Waals surface area contributed by atoms with Gasteiger partial charge in [-0.05, 0) is 11.8 Å². The Morgan fingerprint density at radius 3 is 2.00 bits per heavy atom. The van der Waals surface area contributed by atoms with Crippen LogP contribution >= 0.6 is 0 Å². The van der Waals surface area contributed by atoms with Gasteiger partial charge in [-0.25, -0.2) is 0 Å². The first-order chi connectivity index (χ1) is 6.15. The molecule has 2 unspecified atom stereocenters. The summed E-state index contributed by atoms with van der Waals surface area (Å²) in [5.41, 5.74) is 5.09. The molecule has 0 aromatic heterocycles. The summed E-state index contributed by atoms with van der Waals surface area (Å²) in [6.45, 7) is 7.38. The second kappa shape index (κ2) is 4.44. The van der Waals surface area contributed by atoms with Crippen molar-refractivity contribution in [3.63, 3.8) is 0 Å². The molecule has 0 aromatic rings. The van der Waals surface area contributed by atoms with Crippen LogP contribution < -0.4 is 5.73 Å². The maximum atomic E-state index is 11.1. The largest absolute Gasteiger partial charge is 0.481 e. The van der Waals surface area contributed by atoms with E-state index in [0.717, 1.165) is 0 Å². The first-order valence-electron chi connectivity index (χ1n) is 4.67. The van der Waals surface area contributed by atoms with Crippen LogP contribution in [0, 0.1) is 17.3 Å². The van der Waals surface area contributed by atoms with Crippen molar-refractivity contribution in [3.8, 4) is 0 Å². The highest BCUT2D eigenvalue weighted by Crippen LogP contribution is 2.28. The molecule has 0 aliphatic heterocycles. The molecule has 0 saturated carbocycles. The number of hydrogen-bond donors (Lipinski definition) is 2. The van der Waals surface area contributed by atoms with E-state index in [4.69, 9.17) is 10.8 Å². The topological polar surface area (TPSA) is 80.4 Å². The van der Waals surface area contributed by atoms with Gasteiger partial charge in [-0.3, -0.25) is 9.59 Å². The molecular formula is C10H19NO3. The van der Waals surface area contributed by atoms with Crippen LogP contribution in [-0.4, -0.2) is 17.0 Å². The Kier molecular flexibility index (Phi) is 4.10. The molecule has 0 fully saturated rings. The number of primary amides is 1. The van der Waals surface area contributed by atoms with Crippen molar-refractivity contribution in [2.75, 3.05) is 0 Å². The normalized spacial score (nSPS) is 16.0. The van der Waals surface area contributed by atoms with Gasteiger partial charge in [0.25, 0.3) is 0 Å². The van der Waals surface area contributed by atoms with E-state index < -0.39 is 23.7 Å². The highest BCUT2D eigenvalue weighted by Gasteiger charge is 2.31. The van der Waals surface area contributed by atoms with Crippen molar-refractivity contribution in [1.29, 1.82) is 0 Å². The molecule has 0 spiro atoms. The molecule has 0 radical (unpaired) electrons. The van der Waals surface area contributed by atoms with Crippen molar-refractivity contribution in [1.82, 2.24) is 0 Å². The van der Waals surface area contributed by atoms with Crippen molar-refractivity contribution in [2.24, 2.45) is 23.0 Å². The zero-order valence-corrected chi connectivity index (χ0v) is 9.20. The number of amides is 1. The van der Waals surface area contributed by atoms with Gasteiger partial charge in [0.2, 0.25) is 5.91 Å². The highest BCUT2D eigenvalue weighted by atomic mass is 16.4. The molecule has 0 saturated heterocycles. The van der Waals surface area contributed by atoms with Crippen LogP contribution in [0.1, 0.15) is 34.1 Å². The Hall–Kier alpha value is -1.06. The molecule has 4 nitrogen and oxygen atoms in total. The highest BCUT2D eigenvalue weighted by molar-refractivity contribution is 5.83. The van der Waals surface area contributed by atoms with Crippen molar-refractivity contribution in [2.45, 2.75) is 34.1 Å². The molecule has 4 heteroatoms. The summed E-state index contributed by atoms with van der Waals surface area (Å²) in [6.07, 6.45) is 0.496. The second-order valence-corrected chi connectivity index (χ2v) is 4.90. The number of carbonyl (C=O) groups excluding carboxylic acids is 1. The van der Waals surface area contributed by atoms with Crippen molar-refractivity contribution in [3.05, 3.63) is 0 Å². The van der Waals surface area contributed by atoms with E-state index in [0.29, 0.717) is 6.42 Å². The molecule has 0 heterocycles. The molecular weight excluding hydrogens is 182 g/mol. The van der Waals surface area contributed by atoms with E-state index in [-0.39, 0.29) is 5.41 Å². The molecule has 82 valence electrons. The van der Waals surface area contributed by atoms with Gasteiger partial charge in [-0.15, -0.1) is 0 Å². The van der Waals surface area contributed by atoms with Crippen LogP contribution in [0.25, 0.3) is 0 Å². The third-order valence-electron chi connectivity index (χ3n) is 2.19. The summed E-state index contributed by atoms with van der Waals surface area (Å²) in [4.78, 5) is 21.8. The lowest BCUT2D eigenvalue weighted by atomic mass is 9.79. The van der Waals surface area contributed by atoms with Crippen molar-refractivity contribution >= 4 is 11.9 Å². The Bertz CT molecular complexity index is 230. The average Bonchev–Trinajstić information content (AvgIpc) is 1.96. The minimum Gasteiger partial charge on any atom is -0.481 e. The fourth-order valence-electron chi connectivity index (χ4n) is 1.36. The maximum Gasteiger partial charge on any atom is 0.307 e. The number of carbonyl (C=O) groups is 2. The lowest BCUT2D eigenvalue weighted by Crippen LogP contribution is -2.35. The predicted octanol–water partition coefficient (Wildman–Crippen LogP) is 1.24. The number of carboxylic acid groups (broad SMARTS) is 1. The fourth-order valence-corrected chi connectivity index (χ4v) is 1.36. The molecule has 1 amide bonds. The van der Waals surface area contributed by atoms with Gasteiger partial charge in [0, 0.05) is 0 Å². The maximum absolute atomic E-state index is 11.1. The minimum absolute atomic E-state index is 0.0938. The van der Waals surface area contributed by atoms with Gasteiger partial charge in [-0.1, -0.05) is 27.7 Å². The zero-order chi connectivity index (χ0) is 11.5. The molecule has 0 rings (SSSR count). The van der Waals surface area contributed by atoms with E-state index in [1.54, 1.807) is 0 Å². The van der Waals surface area contributed by atoms with Crippen molar-refractivity contribution < 1.29 is 14.7 Å². The predicted molar refractivity (Wildman–Crippen MR) is 53.6 cm³/mol. The quantitative estimate of drug-likeness (QED) is 0.718. The lowest BCUT2D eigenvalue weighted by molar-refractivity contribution is -0.146. The standard InChI is InChI=1S/C10H19NO3/c1-6(9(13)14)7(8(11)12)5-10(2,3)4/h6-7H,5H2,1-4H3,(H2,11,12)(H,13,14). The van der Waals surface area contributed by atoms with E-state index in [1.807, 2.05) is 20.8 Å².